The van der Waals surface area contributed by atoms with Gasteiger partial charge in [-0.15, -0.1) is 0 Å². The minimum atomic E-state index is -0.783. The Balaban J connectivity index is 1.75. The van der Waals surface area contributed by atoms with Crippen LogP contribution in [0.2, 0.25) is 0 Å². The zero-order chi connectivity index (χ0) is 19.2. The van der Waals surface area contributed by atoms with Crippen LogP contribution in [0.4, 0.5) is 11.4 Å². The predicted octanol–water partition coefficient (Wildman–Crippen LogP) is 2.48. The summed E-state index contributed by atoms with van der Waals surface area (Å²) in [5, 5.41) is 9.87. The number of methoxy groups -OCH3 is 1. The van der Waals surface area contributed by atoms with Crippen LogP contribution in [0.3, 0.4) is 0 Å². The molecule has 0 aliphatic heterocycles. The zero-order valence-electron chi connectivity index (χ0n) is 15.3. The van der Waals surface area contributed by atoms with E-state index in [4.69, 9.17) is 4.74 Å². The van der Waals surface area contributed by atoms with Crippen molar-refractivity contribution in [1.29, 1.82) is 0 Å². The smallest absolute Gasteiger partial charge is 0.329 e. The number of para-hydroxylation sites is 2. The maximum absolute atomic E-state index is 11.8. The summed E-state index contributed by atoms with van der Waals surface area (Å²) in [5.41, 5.74) is 5.69. The summed E-state index contributed by atoms with van der Waals surface area (Å²) in [6.45, 7) is 2.00. The number of hydrogen-bond acceptors (Lipinski definition) is 5. The highest BCUT2D eigenvalue weighted by molar-refractivity contribution is 6.35. The van der Waals surface area contributed by atoms with Crippen molar-refractivity contribution in [3.63, 3.8) is 0 Å². The van der Waals surface area contributed by atoms with Crippen LogP contribution in [0.1, 0.15) is 24.0 Å². The van der Waals surface area contributed by atoms with Crippen LogP contribution in [0, 0.1) is 6.92 Å². The number of aryl methyl sites for hydroxylation is 1. The Hall–Kier alpha value is -3.35. The number of amides is 2. The first-order valence-corrected chi connectivity index (χ1v) is 8.72. The van der Waals surface area contributed by atoms with E-state index in [1.807, 2.05) is 49.4 Å². The molecule has 1 aliphatic carbocycles. The van der Waals surface area contributed by atoms with Gasteiger partial charge < -0.3 is 15.4 Å². The van der Waals surface area contributed by atoms with Crippen molar-refractivity contribution in [2.24, 2.45) is 5.10 Å². The molecule has 3 rings (SSSR count). The standard InChI is InChI=1S/C20H22N4O3/c1-13-6-3-4-8-16(13)23-18-14(7-5-9-17(18)27-2)12-21-24-20(26)19(25)22-15-10-11-15/h3-9,12,15,23H,10-11H2,1-2H3,(H,22,25)(H,24,26)/b21-12-. The number of anilines is 2. The highest BCUT2D eigenvalue weighted by Gasteiger charge is 2.26. The van der Waals surface area contributed by atoms with Crippen molar-refractivity contribution in [3.8, 4) is 5.75 Å². The lowest BCUT2D eigenvalue weighted by molar-refractivity contribution is -0.139. The van der Waals surface area contributed by atoms with Crippen LogP contribution in [0.5, 0.6) is 5.75 Å². The zero-order valence-corrected chi connectivity index (χ0v) is 15.3. The van der Waals surface area contributed by atoms with E-state index in [2.05, 4.69) is 21.2 Å². The topological polar surface area (TPSA) is 91.8 Å². The predicted molar refractivity (Wildman–Crippen MR) is 104 cm³/mol. The van der Waals surface area contributed by atoms with E-state index in [1.54, 1.807) is 7.11 Å². The summed E-state index contributed by atoms with van der Waals surface area (Å²) < 4.78 is 5.44. The number of nitrogens with one attached hydrogen (secondary N) is 3. The van der Waals surface area contributed by atoms with E-state index in [9.17, 15) is 9.59 Å². The largest absolute Gasteiger partial charge is 0.495 e. The number of benzene rings is 2. The Morgan fingerprint density at radius 3 is 2.59 bits per heavy atom. The first kappa shape index (κ1) is 18.4. The van der Waals surface area contributed by atoms with Crippen LogP contribution in [0.25, 0.3) is 0 Å². The molecule has 0 radical (unpaired) electrons. The van der Waals surface area contributed by atoms with Crippen molar-refractivity contribution in [2.75, 3.05) is 12.4 Å². The molecule has 7 heteroatoms. The van der Waals surface area contributed by atoms with Gasteiger partial charge in [-0.3, -0.25) is 9.59 Å². The molecule has 0 saturated heterocycles. The molecule has 2 aromatic carbocycles. The third-order valence-corrected chi connectivity index (χ3v) is 4.17. The maximum Gasteiger partial charge on any atom is 0.329 e. The molecule has 0 spiro atoms. The molecule has 27 heavy (non-hydrogen) atoms. The number of rotatable bonds is 6. The fourth-order valence-corrected chi connectivity index (χ4v) is 2.50. The minimum absolute atomic E-state index is 0.121. The Kier molecular flexibility index (Phi) is 5.71. The summed E-state index contributed by atoms with van der Waals surface area (Å²) in [4.78, 5) is 23.4. The van der Waals surface area contributed by atoms with E-state index in [-0.39, 0.29) is 6.04 Å². The van der Waals surface area contributed by atoms with E-state index in [1.165, 1.54) is 6.21 Å². The van der Waals surface area contributed by atoms with Gasteiger partial charge in [-0.05, 0) is 37.5 Å². The summed E-state index contributed by atoms with van der Waals surface area (Å²) in [5.74, 6) is -0.812. The summed E-state index contributed by atoms with van der Waals surface area (Å²) in [6, 6.07) is 13.5. The van der Waals surface area contributed by atoms with Crippen LogP contribution < -0.4 is 20.8 Å². The average Bonchev–Trinajstić information content (AvgIpc) is 3.48. The second-order valence-electron chi connectivity index (χ2n) is 6.31. The van der Waals surface area contributed by atoms with Gasteiger partial charge in [-0.1, -0.05) is 30.3 Å². The highest BCUT2D eigenvalue weighted by Crippen LogP contribution is 2.31. The molecule has 0 bridgehead atoms. The first-order valence-electron chi connectivity index (χ1n) is 8.72. The van der Waals surface area contributed by atoms with Gasteiger partial charge in [-0.25, -0.2) is 5.43 Å². The first-order chi connectivity index (χ1) is 13.1. The van der Waals surface area contributed by atoms with Gasteiger partial charge in [0.15, 0.2) is 0 Å². The Bertz CT molecular complexity index is 875. The Labute approximate surface area is 157 Å². The molecule has 1 fully saturated rings. The molecule has 1 saturated carbocycles. The Morgan fingerprint density at radius 2 is 1.89 bits per heavy atom. The molecule has 140 valence electrons. The number of ether oxygens (including phenoxy) is 1. The second-order valence-corrected chi connectivity index (χ2v) is 6.31. The van der Waals surface area contributed by atoms with Crippen LogP contribution >= 0.6 is 0 Å². The number of carbonyl (C=O) groups is 2. The molecule has 0 aromatic heterocycles. The highest BCUT2D eigenvalue weighted by atomic mass is 16.5. The molecular weight excluding hydrogens is 344 g/mol. The molecule has 1 aliphatic rings. The fourth-order valence-electron chi connectivity index (χ4n) is 2.50. The van der Waals surface area contributed by atoms with Gasteiger partial charge in [0, 0.05) is 17.3 Å². The minimum Gasteiger partial charge on any atom is -0.495 e. The van der Waals surface area contributed by atoms with Crippen molar-refractivity contribution < 1.29 is 14.3 Å². The van der Waals surface area contributed by atoms with E-state index < -0.39 is 11.8 Å². The summed E-state index contributed by atoms with van der Waals surface area (Å²) in [6.07, 6.45) is 3.31. The van der Waals surface area contributed by atoms with E-state index >= 15 is 0 Å². The average molecular weight is 366 g/mol. The SMILES string of the molecule is COc1cccc(/C=N\NC(=O)C(=O)NC2CC2)c1Nc1ccccc1C. The molecule has 0 unspecified atom stereocenters. The Morgan fingerprint density at radius 1 is 1.11 bits per heavy atom. The number of carbonyl (C=O) groups excluding carboxylic acids is 2. The number of hydrogen-bond donors (Lipinski definition) is 3. The van der Waals surface area contributed by atoms with E-state index in [0.717, 1.165) is 29.8 Å². The van der Waals surface area contributed by atoms with Crippen LogP contribution in [-0.4, -0.2) is 31.2 Å². The van der Waals surface area contributed by atoms with Gasteiger partial charge in [0.05, 0.1) is 19.0 Å². The number of nitrogens with zero attached hydrogens (tertiary/aromatic N) is 1. The molecule has 3 N–H and O–H groups in total. The third kappa shape index (κ3) is 4.84. The lowest BCUT2D eigenvalue weighted by atomic mass is 10.1. The molecule has 2 amide bonds. The fraction of sp³-hybridized carbons (Fsp3) is 0.250. The normalized spacial score (nSPS) is 13.3. The van der Waals surface area contributed by atoms with Crippen LogP contribution in [0.15, 0.2) is 47.6 Å². The molecular formula is C20H22N4O3. The van der Waals surface area contributed by atoms with Crippen molar-refractivity contribution in [3.05, 3.63) is 53.6 Å². The van der Waals surface area contributed by atoms with Gasteiger partial charge in [-0.2, -0.15) is 5.10 Å². The summed E-state index contributed by atoms with van der Waals surface area (Å²) in [7, 11) is 1.59. The van der Waals surface area contributed by atoms with Crippen LogP contribution in [-0.2, 0) is 9.59 Å². The van der Waals surface area contributed by atoms with Gasteiger partial charge >= 0.3 is 11.8 Å². The second kappa shape index (κ2) is 8.35. The van der Waals surface area contributed by atoms with Crippen molar-refractivity contribution >= 4 is 29.4 Å². The number of hydrazone groups is 1. The molecule has 2 aromatic rings. The maximum atomic E-state index is 11.8. The van der Waals surface area contributed by atoms with Crippen molar-refractivity contribution in [1.82, 2.24) is 10.7 Å². The van der Waals surface area contributed by atoms with Gasteiger partial charge in [0.2, 0.25) is 0 Å². The van der Waals surface area contributed by atoms with Gasteiger partial charge in [0.25, 0.3) is 0 Å². The summed E-state index contributed by atoms with van der Waals surface area (Å²) >= 11 is 0. The monoisotopic (exact) mass is 366 g/mol. The molecule has 7 nitrogen and oxygen atoms in total. The van der Waals surface area contributed by atoms with Gasteiger partial charge in [0.1, 0.15) is 5.75 Å². The quantitative estimate of drug-likeness (QED) is 0.416. The van der Waals surface area contributed by atoms with E-state index in [0.29, 0.717) is 11.3 Å². The third-order valence-electron chi connectivity index (χ3n) is 4.17. The lowest BCUT2D eigenvalue weighted by Gasteiger charge is -2.15. The lowest BCUT2D eigenvalue weighted by Crippen LogP contribution is -2.38. The van der Waals surface area contributed by atoms with Crippen molar-refractivity contribution in [2.45, 2.75) is 25.8 Å². The molecule has 0 atom stereocenters. The molecule has 0 heterocycles.